The first-order chi connectivity index (χ1) is 12.4. The average Bonchev–Trinajstić information content (AvgIpc) is 3.05. The van der Waals surface area contributed by atoms with E-state index >= 15 is 0 Å². The Bertz CT molecular complexity index is 689. The summed E-state index contributed by atoms with van der Waals surface area (Å²) in [5, 5.41) is 2.75. The maximum atomic E-state index is 12.4. The van der Waals surface area contributed by atoms with Crippen molar-refractivity contribution in [1.29, 1.82) is 0 Å². The molecule has 1 N–H and O–H groups in total. The van der Waals surface area contributed by atoms with E-state index in [2.05, 4.69) is 5.32 Å². The van der Waals surface area contributed by atoms with Crippen molar-refractivity contribution in [2.75, 3.05) is 38.4 Å². The number of hydrogen-bond acceptors (Lipinski definition) is 7. The molecule has 0 spiro atoms. The number of benzene rings is 1. The average molecular weight is 364 g/mol. The second kappa shape index (κ2) is 9.19. The molecule has 1 heterocycles. The summed E-state index contributed by atoms with van der Waals surface area (Å²) in [7, 11) is 0. The van der Waals surface area contributed by atoms with Crippen LogP contribution in [0.25, 0.3) is 0 Å². The number of nitrogens with one attached hydrogen (secondary N) is 1. The lowest BCUT2D eigenvalue weighted by atomic mass is 10.1. The van der Waals surface area contributed by atoms with Gasteiger partial charge in [-0.2, -0.15) is 0 Å². The van der Waals surface area contributed by atoms with E-state index in [4.69, 9.17) is 14.2 Å². The van der Waals surface area contributed by atoms with Crippen molar-refractivity contribution in [2.24, 2.45) is 0 Å². The lowest BCUT2D eigenvalue weighted by Crippen LogP contribution is -2.35. The van der Waals surface area contributed by atoms with E-state index in [1.807, 2.05) is 11.8 Å². The molecule has 8 nitrogen and oxygen atoms in total. The number of carbonyl (C=O) groups is 3. The third-order valence-electron chi connectivity index (χ3n) is 3.92. The second-order valence-corrected chi connectivity index (χ2v) is 5.78. The molecule has 1 aliphatic rings. The summed E-state index contributed by atoms with van der Waals surface area (Å²) in [6, 6.07) is 3.16. The number of fused-ring (bicyclic) bond motifs is 1. The van der Waals surface area contributed by atoms with Gasteiger partial charge >= 0.3 is 5.97 Å². The predicted octanol–water partition coefficient (Wildman–Crippen LogP) is 1.83. The van der Waals surface area contributed by atoms with Gasteiger partial charge in [0, 0.05) is 18.2 Å². The topological polar surface area (TPSA) is 94.2 Å². The summed E-state index contributed by atoms with van der Waals surface area (Å²) in [5.74, 6) is 0.212. The highest BCUT2D eigenvalue weighted by Crippen LogP contribution is 2.37. The van der Waals surface area contributed by atoms with Gasteiger partial charge in [0.05, 0.1) is 25.3 Å². The molecule has 26 heavy (non-hydrogen) atoms. The molecule has 0 radical (unpaired) electrons. The maximum absolute atomic E-state index is 12.4. The molecule has 0 saturated heterocycles. The van der Waals surface area contributed by atoms with Gasteiger partial charge in [-0.1, -0.05) is 6.92 Å². The van der Waals surface area contributed by atoms with E-state index in [0.717, 1.165) is 0 Å². The van der Waals surface area contributed by atoms with Crippen LogP contribution >= 0.6 is 0 Å². The fourth-order valence-corrected chi connectivity index (χ4v) is 2.56. The van der Waals surface area contributed by atoms with Crippen LogP contribution in [0.15, 0.2) is 12.1 Å². The molecule has 0 fully saturated rings. The number of ether oxygens (including phenoxy) is 3. The number of ketones is 1. The van der Waals surface area contributed by atoms with Crippen molar-refractivity contribution < 1.29 is 28.6 Å². The number of likely N-dealkylation sites (N-methyl/N-ethyl adjacent to an activating group) is 1. The van der Waals surface area contributed by atoms with Crippen molar-refractivity contribution in [3.05, 3.63) is 17.7 Å². The molecule has 1 aromatic rings. The number of rotatable bonds is 9. The SMILES string of the molecule is CCOC(=O)CCN(CC)CC(=O)Nc1cc2c(cc1C(C)=O)OCO2. The molecule has 0 aliphatic carbocycles. The molecular formula is C18H24N2O6. The van der Waals surface area contributed by atoms with E-state index < -0.39 is 0 Å². The Morgan fingerprint density at radius 3 is 2.50 bits per heavy atom. The fraction of sp³-hybridized carbons (Fsp3) is 0.500. The van der Waals surface area contributed by atoms with Crippen molar-refractivity contribution in [3.63, 3.8) is 0 Å². The van der Waals surface area contributed by atoms with Gasteiger partial charge < -0.3 is 19.5 Å². The second-order valence-electron chi connectivity index (χ2n) is 5.78. The summed E-state index contributed by atoms with van der Waals surface area (Å²) in [6.07, 6.45) is 0.220. The number of amides is 1. The minimum absolute atomic E-state index is 0.0849. The third-order valence-corrected chi connectivity index (χ3v) is 3.92. The molecule has 8 heteroatoms. The molecular weight excluding hydrogens is 340 g/mol. The smallest absolute Gasteiger partial charge is 0.307 e. The number of Topliss-reactive ketones (excluding diaryl/α,β-unsaturated/α-hetero) is 1. The molecule has 2 rings (SSSR count). The lowest BCUT2D eigenvalue weighted by Gasteiger charge is -2.20. The Labute approximate surface area is 152 Å². The first kappa shape index (κ1) is 19.7. The van der Waals surface area contributed by atoms with Crippen LogP contribution < -0.4 is 14.8 Å². The molecule has 1 amide bonds. The Balaban J connectivity index is 2.00. The highest BCUT2D eigenvalue weighted by atomic mass is 16.7. The van der Waals surface area contributed by atoms with E-state index in [9.17, 15) is 14.4 Å². The van der Waals surface area contributed by atoms with Crippen molar-refractivity contribution in [3.8, 4) is 11.5 Å². The number of nitrogens with zero attached hydrogens (tertiary/aromatic N) is 1. The standard InChI is InChI=1S/C18H24N2O6/c1-4-20(7-6-18(23)24-5-2)10-17(22)19-14-9-16-15(25-11-26-16)8-13(14)12(3)21/h8-9H,4-7,10-11H2,1-3H3,(H,19,22). The normalized spacial score (nSPS) is 12.2. The van der Waals surface area contributed by atoms with Gasteiger partial charge in [-0.3, -0.25) is 19.3 Å². The third kappa shape index (κ3) is 5.19. The molecule has 1 aromatic carbocycles. The molecule has 0 atom stereocenters. The van der Waals surface area contributed by atoms with Crippen LogP contribution in [0.3, 0.4) is 0 Å². The highest BCUT2D eigenvalue weighted by molar-refractivity contribution is 6.05. The molecule has 0 aromatic heterocycles. The van der Waals surface area contributed by atoms with Crippen LogP contribution in [-0.2, 0) is 14.3 Å². The number of esters is 1. The molecule has 0 unspecified atom stereocenters. The predicted molar refractivity (Wildman–Crippen MR) is 94.6 cm³/mol. The highest BCUT2D eigenvalue weighted by Gasteiger charge is 2.21. The van der Waals surface area contributed by atoms with Gasteiger partial charge in [0.1, 0.15) is 0 Å². The number of carbonyl (C=O) groups excluding carboxylic acids is 3. The molecule has 142 valence electrons. The van der Waals surface area contributed by atoms with Crippen LogP contribution in [0, 0.1) is 0 Å². The Morgan fingerprint density at radius 2 is 1.88 bits per heavy atom. The first-order valence-corrected chi connectivity index (χ1v) is 8.57. The zero-order chi connectivity index (χ0) is 19.1. The lowest BCUT2D eigenvalue weighted by molar-refractivity contribution is -0.143. The molecule has 0 bridgehead atoms. The quantitative estimate of drug-likeness (QED) is 0.528. The minimum Gasteiger partial charge on any atom is -0.466 e. The molecule has 0 saturated carbocycles. The van der Waals surface area contributed by atoms with Crippen molar-refractivity contribution in [1.82, 2.24) is 4.90 Å². The summed E-state index contributed by atoms with van der Waals surface area (Å²) < 4.78 is 15.5. The zero-order valence-corrected chi connectivity index (χ0v) is 15.3. The van der Waals surface area contributed by atoms with Crippen LogP contribution in [0.5, 0.6) is 11.5 Å². The fourth-order valence-electron chi connectivity index (χ4n) is 2.56. The van der Waals surface area contributed by atoms with E-state index in [1.54, 1.807) is 19.1 Å². The Hall–Kier alpha value is -2.61. The Kier molecular flexibility index (Phi) is 6.97. The zero-order valence-electron chi connectivity index (χ0n) is 15.3. The first-order valence-electron chi connectivity index (χ1n) is 8.57. The summed E-state index contributed by atoms with van der Waals surface area (Å²) in [4.78, 5) is 37.5. The minimum atomic E-state index is -0.291. The summed E-state index contributed by atoms with van der Waals surface area (Å²) in [5.41, 5.74) is 0.741. The van der Waals surface area contributed by atoms with Gasteiger partial charge in [-0.15, -0.1) is 0 Å². The Morgan fingerprint density at radius 1 is 1.19 bits per heavy atom. The van der Waals surface area contributed by atoms with E-state index in [0.29, 0.717) is 42.4 Å². The van der Waals surface area contributed by atoms with Gasteiger partial charge in [0.25, 0.3) is 0 Å². The summed E-state index contributed by atoms with van der Waals surface area (Å²) >= 11 is 0. The van der Waals surface area contributed by atoms with E-state index in [1.165, 1.54) is 6.92 Å². The van der Waals surface area contributed by atoms with Crippen molar-refractivity contribution in [2.45, 2.75) is 27.2 Å². The van der Waals surface area contributed by atoms with Gasteiger partial charge in [-0.25, -0.2) is 0 Å². The van der Waals surface area contributed by atoms with Crippen LogP contribution in [0.2, 0.25) is 0 Å². The largest absolute Gasteiger partial charge is 0.466 e. The summed E-state index contributed by atoms with van der Waals surface area (Å²) in [6.45, 7) is 6.62. The van der Waals surface area contributed by atoms with Crippen molar-refractivity contribution >= 4 is 23.3 Å². The van der Waals surface area contributed by atoms with E-state index in [-0.39, 0.29) is 37.4 Å². The van der Waals surface area contributed by atoms with Gasteiger partial charge in [0.15, 0.2) is 17.3 Å². The van der Waals surface area contributed by atoms with Gasteiger partial charge in [0.2, 0.25) is 12.7 Å². The number of anilines is 1. The van der Waals surface area contributed by atoms with Crippen LogP contribution in [-0.4, -0.2) is 55.6 Å². The number of hydrogen-bond donors (Lipinski definition) is 1. The molecule has 1 aliphatic heterocycles. The van der Waals surface area contributed by atoms with Crippen LogP contribution in [0.4, 0.5) is 5.69 Å². The van der Waals surface area contributed by atoms with Gasteiger partial charge in [-0.05, 0) is 26.5 Å². The maximum Gasteiger partial charge on any atom is 0.307 e. The van der Waals surface area contributed by atoms with Crippen LogP contribution in [0.1, 0.15) is 37.6 Å². The monoisotopic (exact) mass is 364 g/mol.